The molecule has 0 spiro atoms. The van der Waals surface area contributed by atoms with E-state index >= 15 is 0 Å². The summed E-state index contributed by atoms with van der Waals surface area (Å²) < 4.78 is 0. The number of rotatable bonds is 2. The van der Waals surface area contributed by atoms with Crippen LogP contribution in [0.1, 0.15) is 20.8 Å². The molecule has 6 heteroatoms. The second kappa shape index (κ2) is 3.75. The van der Waals surface area contributed by atoms with Gasteiger partial charge in [-0.3, -0.25) is 14.4 Å². The Morgan fingerprint density at radius 1 is 1.41 bits per heavy atom. The number of aromatic hydroxyl groups is 1. The Morgan fingerprint density at radius 3 is 2.71 bits per heavy atom. The molecule has 2 rings (SSSR count). The zero-order valence-electron chi connectivity index (χ0n) is 8.56. The van der Waals surface area contributed by atoms with Gasteiger partial charge in [-0.15, -0.1) is 0 Å². The largest absolute Gasteiger partial charge is 0.507 e. The molecule has 86 valence electrons. The van der Waals surface area contributed by atoms with Crippen LogP contribution in [0.2, 0.25) is 0 Å². The number of phenolic OH excluding ortho intramolecular Hbond substituents is 1. The van der Waals surface area contributed by atoms with Crippen molar-refractivity contribution in [2.24, 2.45) is 5.73 Å². The van der Waals surface area contributed by atoms with Crippen molar-refractivity contribution >= 4 is 23.1 Å². The van der Waals surface area contributed by atoms with Crippen molar-refractivity contribution in [2.45, 2.75) is 0 Å². The minimum absolute atomic E-state index is 0.0420. The molecule has 0 aliphatic rings. The Balaban J connectivity index is 3.04. The number of aromatic nitrogens is 1. The van der Waals surface area contributed by atoms with E-state index in [1.54, 1.807) is 0 Å². The molecule has 1 aromatic heterocycles. The van der Waals surface area contributed by atoms with E-state index in [1.807, 2.05) is 0 Å². The van der Waals surface area contributed by atoms with Gasteiger partial charge in [0, 0.05) is 0 Å². The monoisotopic (exact) mass is 232 g/mol. The first kappa shape index (κ1) is 10.9. The van der Waals surface area contributed by atoms with E-state index in [9.17, 15) is 19.5 Å². The number of nitrogens with two attached hydrogens (primary N) is 1. The highest BCUT2D eigenvalue weighted by atomic mass is 16.3. The van der Waals surface area contributed by atoms with E-state index in [0.29, 0.717) is 0 Å². The number of carbonyl (C=O) groups is 2. The van der Waals surface area contributed by atoms with Crippen molar-refractivity contribution in [1.82, 2.24) is 4.98 Å². The molecular weight excluding hydrogens is 224 g/mol. The lowest BCUT2D eigenvalue weighted by Crippen LogP contribution is -2.22. The number of pyridine rings is 1. The summed E-state index contributed by atoms with van der Waals surface area (Å²) in [4.78, 5) is 36.3. The van der Waals surface area contributed by atoms with Crippen molar-refractivity contribution < 1.29 is 14.7 Å². The van der Waals surface area contributed by atoms with Gasteiger partial charge in [0.1, 0.15) is 11.4 Å². The van der Waals surface area contributed by atoms with Gasteiger partial charge in [-0.2, -0.15) is 0 Å². The fourth-order valence-electron chi connectivity index (χ4n) is 1.64. The van der Waals surface area contributed by atoms with Gasteiger partial charge < -0.3 is 15.8 Å². The second-order valence-corrected chi connectivity index (χ2v) is 3.42. The van der Waals surface area contributed by atoms with Crippen molar-refractivity contribution in [3.8, 4) is 5.75 Å². The third kappa shape index (κ3) is 1.55. The lowest BCUT2D eigenvalue weighted by atomic mass is 10.1. The summed E-state index contributed by atoms with van der Waals surface area (Å²) >= 11 is 0. The van der Waals surface area contributed by atoms with Crippen LogP contribution in [0.3, 0.4) is 0 Å². The van der Waals surface area contributed by atoms with Crippen LogP contribution in [0, 0.1) is 0 Å². The molecule has 0 aliphatic heterocycles. The van der Waals surface area contributed by atoms with Crippen molar-refractivity contribution in [3.05, 3.63) is 39.7 Å². The molecule has 6 nitrogen and oxygen atoms in total. The lowest BCUT2D eigenvalue weighted by molar-refractivity contribution is 0.0988. The molecule has 0 bridgehead atoms. The van der Waals surface area contributed by atoms with Crippen molar-refractivity contribution in [1.29, 1.82) is 0 Å². The average Bonchev–Trinajstić information content (AvgIpc) is 2.28. The van der Waals surface area contributed by atoms with Gasteiger partial charge in [-0.25, -0.2) is 0 Å². The van der Waals surface area contributed by atoms with Gasteiger partial charge in [-0.05, 0) is 12.1 Å². The summed E-state index contributed by atoms with van der Waals surface area (Å²) in [6, 6.07) is 4.31. The molecule has 1 heterocycles. The summed E-state index contributed by atoms with van der Waals surface area (Å²) in [6.07, 6.45) is 0.241. The molecule has 1 amide bonds. The number of amides is 1. The number of aldehydes is 1. The molecular formula is C11H8N2O4. The molecule has 0 fully saturated rings. The number of hydrogen-bond donors (Lipinski definition) is 3. The molecule has 0 saturated carbocycles. The quantitative estimate of drug-likeness (QED) is 0.639. The van der Waals surface area contributed by atoms with E-state index in [2.05, 4.69) is 4.98 Å². The number of nitrogens with one attached hydrogen (secondary N) is 1. The molecule has 0 atom stereocenters. The molecule has 0 radical (unpaired) electrons. The fourth-order valence-corrected chi connectivity index (χ4v) is 1.64. The minimum atomic E-state index is -0.908. The number of phenols is 1. The molecule has 0 saturated heterocycles. The van der Waals surface area contributed by atoms with E-state index in [-0.39, 0.29) is 34.2 Å². The van der Waals surface area contributed by atoms with E-state index < -0.39 is 11.3 Å². The Hall–Kier alpha value is -2.63. The van der Waals surface area contributed by atoms with Crippen LogP contribution < -0.4 is 11.2 Å². The predicted molar refractivity (Wildman–Crippen MR) is 60.1 cm³/mol. The standard InChI is InChI=1S/C11H8N2O4/c12-11(17)9-5(4-14)10(16)8-6(13-9)2-1-3-7(8)15/h1-4,15H,(H2,12,17)(H,13,16). The van der Waals surface area contributed by atoms with Crippen molar-refractivity contribution in [3.63, 3.8) is 0 Å². The summed E-state index contributed by atoms with van der Waals surface area (Å²) in [7, 11) is 0. The summed E-state index contributed by atoms with van der Waals surface area (Å²) in [6.45, 7) is 0. The van der Waals surface area contributed by atoms with E-state index in [1.165, 1.54) is 18.2 Å². The number of H-pyrrole nitrogens is 1. The van der Waals surface area contributed by atoms with Crippen LogP contribution >= 0.6 is 0 Å². The number of aromatic amines is 1. The SMILES string of the molecule is NC(=O)c1[nH]c2cccc(O)c2c(=O)c1C=O. The molecule has 1 aromatic carbocycles. The maximum absolute atomic E-state index is 11.9. The first-order chi connectivity index (χ1) is 8.06. The maximum Gasteiger partial charge on any atom is 0.266 e. The Labute approximate surface area is 94.7 Å². The van der Waals surface area contributed by atoms with Crippen molar-refractivity contribution in [2.75, 3.05) is 0 Å². The van der Waals surface area contributed by atoms with Gasteiger partial charge in [0.05, 0.1) is 16.5 Å². The Bertz CT molecular complexity index is 688. The first-order valence-electron chi connectivity index (χ1n) is 4.69. The number of fused-ring (bicyclic) bond motifs is 1. The van der Waals surface area contributed by atoms with Gasteiger partial charge in [0.15, 0.2) is 6.29 Å². The van der Waals surface area contributed by atoms with Gasteiger partial charge in [0.25, 0.3) is 5.91 Å². The average molecular weight is 232 g/mol. The summed E-state index contributed by atoms with van der Waals surface area (Å²) in [5, 5.41) is 9.51. The van der Waals surface area contributed by atoms with Crippen LogP contribution in [0.15, 0.2) is 23.0 Å². The zero-order valence-corrected chi connectivity index (χ0v) is 8.56. The third-order valence-electron chi connectivity index (χ3n) is 2.41. The minimum Gasteiger partial charge on any atom is -0.507 e. The third-order valence-corrected chi connectivity index (χ3v) is 2.41. The lowest BCUT2D eigenvalue weighted by Gasteiger charge is -2.05. The van der Waals surface area contributed by atoms with Gasteiger partial charge in [-0.1, -0.05) is 6.07 Å². The van der Waals surface area contributed by atoms with E-state index in [4.69, 9.17) is 5.73 Å². The second-order valence-electron chi connectivity index (χ2n) is 3.42. The highest BCUT2D eigenvalue weighted by molar-refractivity contribution is 6.02. The van der Waals surface area contributed by atoms with Crippen LogP contribution in [0.5, 0.6) is 5.75 Å². The zero-order chi connectivity index (χ0) is 12.6. The number of carbonyl (C=O) groups excluding carboxylic acids is 2. The molecule has 2 aromatic rings. The molecule has 0 unspecified atom stereocenters. The Morgan fingerprint density at radius 2 is 2.12 bits per heavy atom. The molecule has 0 aliphatic carbocycles. The normalized spacial score (nSPS) is 10.4. The van der Waals surface area contributed by atoms with E-state index in [0.717, 1.165) is 0 Å². The highest BCUT2D eigenvalue weighted by Gasteiger charge is 2.16. The number of benzene rings is 1. The van der Waals surface area contributed by atoms with Gasteiger partial charge in [0.2, 0.25) is 5.43 Å². The summed E-state index contributed by atoms with van der Waals surface area (Å²) in [5.41, 5.74) is 3.94. The first-order valence-corrected chi connectivity index (χ1v) is 4.69. The van der Waals surface area contributed by atoms with Crippen LogP contribution in [-0.4, -0.2) is 22.3 Å². The van der Waals surface area contributed by atoms with Crippen LogP contribution in [0.4, 0.5) is 0 Å². The summed E-state index contributed by atoms with van der Waals surface area (Å²) in [5.74, 6) is -1.17. The smallest absolute Gasteiger partial charge is 0.266 e. The maximum atomic E-state index is 11.9. The topological polar surface area (TPSA) is 113 Å². The molecule has 4 N–H and O–H groups in total. The molecule has 17 heavy (non-hydrogen) atoms. The van der Waals surface area contributed by atoms with Crippen LogP contribution in [-0.2, 0) is 0 Å². The fraction of sp³-hybridized carbons (Fsp3) is 0. The number of hydrogen-bond acceptors (Lipinski definition) is 4. The highest BCUT2D eigenvalue weighted by Crippen LogP contribution is 2.20. The number of primary amides is 1. The van der Waals surface area contributed by atoms with Crippen LogP contribution in [0.25, 0.3) is 10.9 Å². The van der Waals surface area contributed by atoms with Gasteiger partial charge >= 0.3 is 0 Å². The predicted octanol–water partition coefficient (Wildman–Crippen LogP) is 0.145. The Kier molecular flexibility index (Phi) is 2.40.